The van der Waals surface area contributed by atoms with Crippen LogP contribution in [-0.2, 0) is 16.6 Å². The van der Waals surface area contributed by atoms with Gasteiger partial charge in [-0.2, -0.15) is 5.10 Å². The average Bonchev–Trinajstić information content (AvgIpc) is 2.32. The molecular weight excluding hydrogens is 214 g/mol. The summed E-state index contributed by atoms with van der Waals surface area (Å²) in [6.45, 7) is 6.88. The number of nitrogens with one attached hydrogen (secondary N) is 1. The summed E-state index contributed by atoms with van der Waals surface area (Å²) in [5.74, 6) is 0. The van der Waals surface area contributed by atoms with E-state index >= 15 is 0 Å². The molecule has 1 aromatic heterocycles. The number of aryl methyl sites for hydroxylation is 1. The SMILES string of the molecule is Cc1nn(CCNS(C)(=O)=O)c(C)c1C. The highest BCUT2D eigenvalue weighted by molar-refractivity contribution is 7.88. The summed E-state index contributed by atoms with van der Waals surface area (Å²) in [5, 5.41) is 4.31. The summed E-state index contributed by atoms with van der Waals surface area (Å²) in [5.41, 5.74) is 3.24. The summed E-state index contributed by atoms with van der Waals surface area (Å²) >= 11 is 0. The number of sulfonamides is 1. The lowest BCUT2D eigenvalue weighted by molar-refractivity contribution is 0.558. The maximum atomic E-state index is 10.8. The van der Waals surface area contributed by atoms with Gasteiger partial charge in [-0.3, -0.25) is 4.68 Å². The minimum atomic E-state index is -3.10. The average molecular weight is 231 g/mol. The van der Waals surface area contributed by atoms with Crippen molar-refractivity contribution in [3.8, 4) is 0 Å². The minimum absolute atomic E-state index is 0.375. The Hall–Kier alpha value is -0.880. The third-order valence-corrected chi connectivity index (χ3v) is 3.16. The van der Waals surface area contributed by atoms with Gasteiger partial charge in [-0.05, 0) is 26.3 Å². The number of hydrogen-bond acceptors (Lipinski definition) is 3. The Morgan fingerprint density at radius 2 is 1.93 bits per heavy atom. The third-order valence-electron chi connectivity index (χ3n) is 2.43. The smallest absolute Gasteiger partial charge is 0.208 e. The molecule has 0 amide bonds. The Labute approximate surface area is 90.5 Å². The van der Waals surface area contributed by atoms with Gasteiger partial charge in [-0.1, -0.05) is 0 Å². The standard InChI is InChI=1S/C9H17N3O2S/c1-7-8(2)11-12(9(7)3)6-5-10-15(4,13)14/h10H,5-6H2,1-4H3. The number of aromatic nitrogens is 2. The first kappa shape index (κ1) is 12.2. The van der Waals surface area contributed by atoms with Crippen molar-refractivity contribution in [2.75, 3.05) is 12.8 Å². The van der Waals surface area contributed by atoms with Crippen LogP contribution < -0.4 is 4.72 Å². The van der Waals surface area contributed by atoms with Gasteiger partial charge in [0, 0.05) is 12.2 Å². The Morgan fingerprint density at radius 3 is 2.33 bits per heavy atom. The third kappa shape index (κ3) is 3.32. The maximum absolute atomic E-state index is 10.8. The summed E-state index contributed by atoms with van der Waals surface area (Å²) in [6, 6.07) is 0. The molecule has 6 heteroatoms. The number of nitrogens with zero attached hydrogens (tertiary/aromatic N) is 2. The first-order valence-electron chi connectivity index (χ1n) is 4.76. The van der Waals surface area contributed by atoms with Crippen LogP contribution in [0.3, 0.4) is 0 Å². The van der Waals surface area contributed by atoms with Crippen LogP contribution in [0.2, 0.25) is 0 Å². The van der Waals surface area contributed by atoms with Gasteiger partial charge in [0.25, 0.3) is 0 Å². The van der Waals surface area contributed by atoms with Gasteiger partial charge in [-0.15, -0.1) is 0 Å². The first-order valence-corrected chi connectivity index (χ1v) is 6.65. The number of hydrogen-bond donors (Lipinski definition) is 1. The highest BCUT2D eigenvalue weighted by Gasteiger charge is 2.07. The minimum Gasteiger partial charge on any atom is -0.268 e. The monoisotopic (exact) mass is 231 g/mol. The molecular formula is C9H17N3O2S. The largest absolute Gasteiger partial charge is 0.268 e. The predicted molar refractivity (Wildman–Crippen MR) is 59.3 cm³/mol. The molecule has 0 unspecified atom stereocenters. The second kappa shape index (κ2) is 4.32. The van der Waals surface area contributed by atoms with Gasteiger partial charge in [-0.25, -0.2) is 13.1 Å². The van der Waals surface area contributed by atoms with Gasteiger partial charge in [0.2, 0.25) is 10.0 Å². The number of rotatable bonds is 4. The van der Waals surface area contributed by atoms with Gasteiger partial charge in [0.05, 0.1) is 18.5 Å². The molecule has 86 valence electrons. The zero-order valence-corrected chi connectivity index (χ0v) is 10.3. The second-order valence-electron chi connectivity index (χ2n) is 3.69. The van der Waals surface area contributed by atoms with Crippen molar-refractivity contribution in [1.29, 1.82) is 0 Å². The van der Waals surface area contributed by atoms with Gasteiger partial charge < -0.3 is 0 Å². The molecule has 1 heterocycles. The molecule has 0 atom stereocenters. The van der Waals surface area contributed by atoms with Crippen molar-refractivity contribution >= 4 is 10.0 Å². The van der Waals surface area contributed by atoms with E-state index in [9.17, 15) is 8.42 Å². The van der Waals surface area contributed by atoms with Crippen LogP contribution in [0, 0.1) is 20.8 Å². The van der Waals surface area contributed by atoms with Gasteiger partial charge >= 0.3 is 0 Å². The van der Waals surface area contributed by atoms with E-state index in [1.807, 2.05) is 25.5 Å². The fourth-order valence-electron chi connectivity index (χ4n) is 1.34. The van der Waals surface area contributed by atoms with E-state index in [2.05, 4.69) is 9.82 Å². The quantitative estimate of drug-likeness (QED) is 0.813. The van der Waals surface area contributed by atoms with E-state index < -0.39 is 10.0 Å². The molecule has 0 bridgehead atoms. The van der Waals surface area contributed by atoms with Crippen LogP contribution in [0.5, 0.6) is 0 Å². The summed E-state index contributed by atoms with van der Waals surface area (Å²) in [7, 11) is -3.10. The molecule has 0 radical (unpaired) electrons. The van der Waals surface area contributed by atoms with Crippen LogP contribution >= 0.6 is 0 Å². The van der Waals surface area contributed by atoms with Crippen molar-refractivity contribution in [3.05, 3.63) is 17.0 Å². The lowest BCUT2D eigenvalue weighted by atomic mass is 10.2. The maximum Gasteiger partial charge on any atom is 0.208 e. The Morgan fingerprint density at radius 1 is 1.33 bits per heavy atom. The molecule has 0 fully saturated rings. The van der Waals surface area contributed by atoms with Gasteiger partial charge in [0.1, 0.15) is 0 Å². The molecule has 15 heavy (non-hydrogen) atoms. The Bertz CT molecular complexity index is 448. The van der Waals surface area contributed by atoms with Crippen molar-refractivity contribution in [3.63, 3.8) is 0 Å². The van der Waals surface area contributed by atoms with Crippen LogP contribution in [0.25, 0.3) is 0 Å². The van der Waals surface area contributed by atoms with Crippen LogP contribution in [0.1, 0.15) is 17.0 Å². The molecule has 0 aromatic carbocycles. The van der Waals surface area contributed by atoms with Crippen LogP contribution in [0.15, 0.2) is 0 Å². The zero-order chi connectivity index (χ0) is 11.6. The highest BCUT2D eigenvalue weighted by atomic mass is 32.2. The van der Waals surface area contributed by atoms with E-state index in [1.165, 1.54) is 0 Å². The molecule has 0 saturated carbocycles. The fraction of sp³-hybridized carbons (Fsp3) is 0.667. The normalized spacial score (nSPS) is 12.0. The zero-order valence-electron chi connectivity index (χ0n) is 9.53. The van der Waals surface area contributed by atoms with E-state index in [4.69, 9.17) is 0 Å². The molecule has 1 N–H and O–H groups in total. The molecule has 0 saturated heterocycles. The van der Waals surface area contributed by atoms with Crippen molar-refractivity contribution in [2.24, 2.45) is 0 Å². The molecule has 0 aliphatic carbocycles. The Kier molecular flexibility index (Phi) is 3.51. The summed E-state index contributed by atoms with van der Waals surface area (Å²) < 4.78 is 25.9. The first-order chi connectivity index (χ1) is 6.81. The van der Waals surface area contributed by atoms with E-state index in [-0.39, 0.29) is 0 Å². The highest BCUT2D eigenvalue weighted by Crippen LogP contribution is 2.10. The summed E-state index contributed by atoms with van der Waals surface area (Å²) in [6.07, 6.45) is 1.15. The van der Waals surface area contributed by atoms with Crippen molar-refractivity contribution in [2.45, 2.75) is 27.3 Å². The lowest BCUT2D eigenvalue weighted by Gasteiger charge is -2.04. The lowest BCUT2D eigenvalue weighted by Crippen LogP contribution is -2.26. The van der Waals surface area contributed by atoms with Crippen LogP contribution in [0.4, 0.5) is 0 Å². The van der Waals surface area contributed by atoms with E-state index in [0.717, 1.165) is 23.2 Å². The van der Waals surface area contributed by atoms with E-state index in [1.54, 1.807) is 0 Å². The fourth-order valence-corrected chi connectivity index (χ4v) is 1.80. The molecule has 0 spiro atoms. The van der Waals surface area contributed by atoms with E-state index in [0.29, 0.717) is 13.1 Å². The van der Waals surface area contributed by atoms with Gasteiger partial charge in [0.15, 0.2) is 0 Å². The molecule has 1 aromatic rings. The van der Waals surface area contributed by atoms with Crippen molar-refractivity contribution in [1.82, 2.24) is 14.5 Å². The second-order valence-corrected chi connectivity index (χ2v) is 5.52. The molecule has 0 aliphatic rings. The van der Waals surface area contributed by atoms with Crippen molar-refractivity contribution < 1.29 is 8.42 Å². The molecule has 1 rings (SSSR count). The Balaban J connectivity index is 2.63. The molecule has 0 aliphatic heterocycles. The topological polar surface area (TPSA) is 64.0 Å². The summed E-state index contributed by atoms with van der Waals surface area (Å²) in [4.78, 5) is 0. The molecule has 5 nitrogen and oxygen atoms in total. The van der Waals surface area contributed by atoms with Crippen LogP contribution in [-0.4, -0.2) is 31.0 Å². The predicted octanol–water partition coefficient (Wildman–Crippen LogP) is 0.358.